The van der Waals surface area contributed by atoms with Gasteiger partial charge >= 0.3 is 0 Å². The summed E-state index contributed by atoms with van der Waals surface area (Å²) in [5.74, 6) is 1.77. The fourth-order valence-electron chi connectivity index (χ4n) is 3.11. The smallest absolute Gasteiger partial charge is 0.178 e. The molecule has 5 nitrogen and oxygen atoms in total. The van der Waals surface area contributed by atoms with E-state index < -0.39 is 0 Å². The van der Waals surface area contributed by atoms with Crippen LogP contribution in [0.25, 0.3) is 5.65 Å². The van der Waals surface area contributed by atoms with E-state index in [1.165, 1.54) is 18.4 Å². The van der Waals surface area contributed by atoms with Crippen LogP contribution >= 0.6 is 0 Å². The van der Waals surface area contributed by atoms with E-state index in [0.29, 0.717) is 0 Å². The van der Waals surface area contributed by atoms with Gasteiger partial charge in [-0.1, -0.05) is 30.3 Å². The Morgan fingerprint density at radius 3 is 2.59 bits per heavy atom. The number of aryl methyl sites for hydroxylation is 1. The second kappa shape index (κ2) is 4.80. The second-order valence-electron chi connectivity index (χ2n) is 6.21. The van der Waals surface area contributed by atoms with E-state index in [9.17, 15) is 0 Å². The number of aromatic nitrogens is 4. The highest BCUT2D eigenvalue weighted by Crippen LogP contribution is 2.48. The van der Waals surface area contributed by atoms with Crippen molar-refractivity contribution in [2.24, 2.45) is 0 Å². The van der Waals surface area contributed by atoms with Crippen LogP contribution < -0.4 is 4.90 Å². The van der Waals surface area contributed by atoms with Gasteiger partial charge in [0.25, 0.3) is 0 Å². The van der Waals surface area contributed by atoms with Gasteiger partial charge in [0.15, 0.2) is 11.5 Å². The molecule has 1 aromatic carbocycles. The molecule has 1 aliphatic carbocycles. The topological polar surface area (TPSA) is 46.3 Å². The van der Waals surface area contributed by atoms with Gasteiger partial charge in [0, 0.05) is 19.0 Å². The summed E-state index contributed by atoms with van der Waals surface area (Å²) in [6, 6.07) is 14.8. The van der Waals surface area contributed by atoms with Crippen LogP contribution in [-0.2, 0) is 5.41 Å². The molecule has 22 heavy (non-hydrogen) atoms. The fraction of sp³-hybridized carbons (Fsp3) is 0.353. The number of rotatable bonds is 4. The summed E-state index contributed by atoms with van der Waals surface area (Å²) in [4.78, 5) is 2.24. The predicted molar refractivity (Wildman–Crippen MR) is 86.1 cm³/mol. The van der Waals surface area contributed by atoms with Crippen molar-refractivity contribution in [2.45, 2.75) is 25.2 Å². The van der Waals surface area contributed by atoms with Crippen LogP contribution in [0.15, 0.2) is 42.5 Å². The summed E-state index contributed by atoms with van der Waals surface area (Å²) in [6.07, 6.45) is 2.49. The lowest BCUT2D eigenvalue weighted by molar-refractivity contribution is 0.662. The Morgan fingerprint density at radius 2 is 1.86 bits per heavy atom. The first kappa shape index (κ1) is 13.2. The molecular weight excluding hydrogens is 274 g/mol. The van der Waals surface area contributed by atoms with Crippen molar-refractivity contribution in [1.82, 2.24) is 19.8 Å². The molecule has 1 saturated carbocycles. The molecule has 2 heterocycles. The Hall–Kier alpha value is -2.43. The number of nitrogens with zero attached hydrogens (tertiary/aromatic N) is 5. The maximum absolute atomic E-state index is 4.66. The van der Waals surface area contributed by atoms with Crippen LogP contribution in [0.4, 0.5) is 5.82 Å². The van der Waals surface area contributed by atoms with E-state index in [0.717, 1.165) is 23.8 Å². The van der Waals surface area contributed by atoms with Gasteiger partial charge in [-0.25, -0.2) is 0 Å². The normalized spacial score (nSPS) is 15.9. The molecule has 112 valence electrons. The molecule has 0 saturated heterocycles. The Morgan fingerprint density at radius 1 is 1.09 bits per heavy atom. The van der Waals surface area contributed by atoms with Crippen LogP contribution in [0, 0.1) is 6.92 Å². The average molecular weight is 293 g/mol. The summed E-state index contributed by atoms with van der Waals surface area (Å²) >= 11 is 0. The molecule has 0 bridgehead atoms. The van der Waals surface area contributed by atoms with E-state index in [1.807, 2.05) is 19.1 Å². The molecule has 3 aromatic rings. The van der Waals surface area contributed by atoms with Crippen LogP contribution in [0.5, 0.6) is 0 Å². The minimum atomic E-state index is 0.287. The number of hydrogen-bond acceptors (Lipinski definition) is 4. The lowest BCUT2D eigenvalue weighted by Gasteiger charge is -2.25. The van der Waals surface area contributed by atoms with Crippen molar-refractivity contribution in [3.8, 4) is 0 Å². The molecule has 0 unspecified atom stereocenters. The van der Waals surface area contributed by atoms with Crippen molar-refractivity contribution >= 4 is 11.5 Å². The molecule has 0 radical (unpaired) electrons. The van der Waals surface area contributed by atoms with Gasteiger partial charge in [-0.05, 0) is 37.5 Å². The average Bonchev–Trinajstić information content (AvgIpc) is 3.25. The zero-order valence-electron chi connectivity index (χ0n) is 12.9. The third kappa shape index (κ3) is 2.13. The van der Waals surface area contributed by atoms with Crippen LogP contribution in [-0.4, -0.2) is 33.4 Å². The quantitative estimate of drug-likeness (QED) is 0.742. The van der Waals surface area contributed by atoms with Gasteiger partial charge in [-0.2, -0.15) is 4.52 Å². The number of likely N-dealkylation sites (N-methyl/N-ethyl adjacent to an activating group) is 1. The molecular formula is C17H19N5. The largest absolute Gasteiger partial charge is 0.357 e. The van der Waals surface area contributed by atoms with Crippen molar-refractivity contribution in [2.75, 3.05) is 18.5 Å². The number of fused-ring (bicyclic) bond motifs is 1. The molecule has 5 heteroatoms. The predicted octanol–water partition coefficient (Wildman–Crippen LogP) is 2.60. The molecule has 4 rings (SSSR count). The van der Waals surface area contributed by atoms with Crippen molar-refractivity contribution in [3.63, 3.8) is 0 Å². The summed E-state index contributed by atoms with van der Waals surface area (Å²) in [5, 5.41) is 12.8. The summed E-state index contributed by atoms with van der Waals surface area (Å²) in [5.41, 5.74) is 2.51. The molecule has 0 aliphatic heterocycles. The number of hydrogen-bond donors (Lipinski definition) is 0. The third-order valence-corrected chi connectivity index (χ3v) is 4.58. The maximum Gasteiger partial charge on any atom is 0.178 e. The zero-order chi connectivity index (χ0) is 15.2. The standard InChI is InChI=1S/C17H19N5/c1-13-18-19-15-8-9-16(20-22(13)15)21(2)12-17(10-11-17)14-6-4-3-5-7-14/h3-9H,10-12H2,1-2H3. The van der Waals surface area contributed by atoms with E-state index in [2.05, 4.69) is 57.6 Å². The second-order valence-corrected chi connectivity index (χ2v) is 6.21. The van der Waals surface area contributed by atoms with Crippen LogP contribution in [0.3, 0.4) is 0 Å². The van der Waals surface area contributed by atoms with Crippen molar-refractivity contribution in [1.29, 1.82) is 0 Å². The minimum absolute atomic E-state index is 0.287. The first-order chi connectivity index (χ1) is 10.7. The molecule has 2 aromatic heterocycles. The van der Waals surface area contributed by atoms with Gasteiger partial charge in [0.2, 0.25) is 0 Å². The zero-order valence-corrected chi connectivity index (χ0v) is 12.9. The van der Waals surface area contributed by atoms with Crippen molar-refractivity contribution in [3.05, 3.63) is 53.9 Å². The van der Waals surface area contributed by atoms with Gasteiger partial charge in [0.05, 0.1) is 0 Å². The van der Waals surface area contributed by atoms with E-state index >= 15 is 0 Å². The molecule has 0 atom stereocenters. The first-order valence-corrected chi connectivity index (χ1v) is 7.64. The molecule has 1 aliphatic rings. The van der Waals surface area contributed by atoms with Gasteiger partial charge in [-0.3, -0.25) is 0 Å². The molecule has 0 spiro atoms. The van der Waals surface area contributed by atoms with Crippen molar-refractivity contribution < 1.29 is 0 Å². The third-order valence-electron chi connectivity index (χ3n) is 4.58. The van der Waals surface area contributed by atoms with Gasteiger partial charge < -0.3 is 4.90 Å². The van der Waals surface area contributed by atoms with Crippen LogP contribution in [0.1, 0.15) is 24.2 Å². The highest BCUT2D eigenvalue weighted by molar-refractivity contribution is 5.47. The number of anilines is 1. The molecule has 0 amide bonds. The molecule has 1 fully saturated rings. The van der Waals surface area contributed by atoms with Crippen LogP contribution in [0.2, 0.25) is 0 Å². The fourth-order valence-corrected chi connectivity index (χ4v) is 3.11. The Bertz CT molecular complexity index is 804. The van der Waals surface area contributed by atoms with Gasteiger partial charge in [0.1, 0.15) is 5.82 Å². The highest BCUT2D eigenvalue weighted by Gasteiger charge is 2.45. The number of benzene rings is 1. The SMILES string of the molecule is Cc1nnc2ccc(N(C)CC3(c4ccccc4)CC3)nn12. The highest BCUT2D eigenvalue weighted by atomic mass is 15.4. The minimum Gasteiger partial charge on any atom is -0.357 e. The van der Waals surface area contributed by atoms with Gasteiger partial charge in [-0.15, -0.1) is 15.3 Å². The Labute approximate surface area is 129 Å². The molecule has 0 N–H and O–H groups in total. The lowest BCUT2D eigenvalue weighted by Crippen LogP contribution is -2.30. The van der Waals surface area contributed by atoms with E-state index in [-0.39, 0.29) is 5.41 Å². The Balaban J connectivity index is 1.61. The lowest BCUT2D eigenvalue weighted by atomic mass is 9.95. The van der Waals surface area contributed by atoms with E-state index in [4.69, 9.17) is 0 Å². The monoisotopic (exact) mass is 293 g/mol. The summed E-state index contributed by atoms with van der Waals surface area (Å²) < 4.78 is 1.80. The first-order valence-electron chi connectivity index (χ1n) is 7.64. The summed E-state index contributed by atoms with van der Waals surface area (Å²) in [6.45, 7) is 2.90. The summed E-state index contributed by atoms with van der Waals surface area (Å²) in [7, 11) is 2.11. The van der Waals surface area contributed by atoms with E-state index in [1.54, 1.807) is 4.52 Å². The Kier molecular flexibility index (Phi) is 2.89. The maximum atomic E-state index is 4.66.